The van der Waals surface area contributed by atoms with Crippen molar-refractivity contribution < 1.29 is 14.3 Å². The molecule has 26 heavy (non-hydrogen) atoms. The molecule has 0 saturated carbocycles. The van der Waals surface area contributed by atoms with Gasteiger partial charge in [0.1, 0.15) is 5.75 Å². The van der Waals surface area contributed by atoms with Crippen LogP contribution in [0.3, 0.4) is 0 Å². The molecule has 2 amide bonds. The zero-order valence-electron chi connectivity index (χ0n) is 15.7. The molecule has 0 bridgehead atoms. The van der Waals surface area contributed by atoms with Crippen molar-refractivity contribution in [1.29, 1.82) is 0 Å². The van der Waals surface area contributed by atoms with Gasteiger partial charge in [-0.25, -0.2) is 0 Å². The summed E-state index contributed by atoms with van der Waals surface area (Å²) < 4.78 is 5.61. The van der Waals surface area contributed by atoms with Gasteiger partial charge in [-0.2, -0.15) is 0 Å². The lowest BCUT2D eigenvalue weighted by atomic mass is 9.66. The summed E-state index contributed by atoms with van der Waals surface area (Å²) in [5, 5.41) is 0. The van der Waals surface area contributed by atoms with E-state index in [1.807, 2.05) is 43.1 Å². The molecule has 1 aromatic carbocycles. The third-order valence-corrected chi connectivity index (χ3v) is 5.94. The Hall–Kier alpha value is -2.08. The van der Waals surface area contributed by atoms with Crippen LogP contribution in [0.5, 0.6) is 5.75 Å². The van der Waals surface area contributed by atoms with Crippen LogP contribution in [-0.4, -0.2) is 60.9 Å². The Balaban J connectivity index is 1.74. The molecule has 2 fully saturated rings. The van der Waals surface area contributed by atoms with E-state index in [2.05, 4.69) is 4.90 Å². The van der Waals surface area contributed by atoms with E-state index in [4.69, 9.17) is 10.5 Å². The standard InChI is InChI=1S/C20H29N3O3/c1-3-26-16-8-5-4-7-15(16)19(25)23-13-10-20(11-14-23)9-6-12-22(2)17(20)18(21)24/h4-5,7-8,17H,3,6,9-14H2,1-2H3,(H2,21,24). The second-order valence-corrected chi connectivity index (χ2v) is 7.47. The van der Waals surface area contributed by atoms with E-state index in [0.29, 0.717) is 31.0 Å². The minimum Gasteiger partial charge on any atom is -0.493 e. The van der Waals surface area contributed by atoms with Gasteiger partial charge in [0, 0.05) is 13.1 Å². The number of carbonyl (C=O) groups excluding carboxylic acids is 2. The van der Waals surface area contributed by atoms with Crippen LogP contribution in [0.1, 0.15) is 43.0 Å². The van der Waals surface area contributed by atoms with Crippen molar-refractivity contribution >= 4 is 11.8 Å². The summed E-state index contributed by atoms with van der Waals surface area (Å²) in [6, 6.07) is 7.16. The molecule has 0 radical (unpaired) electrons. The van der Waals surface area contributed by atoms with Crippen molar-refractivity contribution in [2.45, 2.75) is 38.6 Å². The quantitative estimate of drug-likeness (QED) is 0.891. The van der Waals surface area contributed by atoms with Crippen LogP contribution in [-0.2, 0) is 4.79 Å². The highest BCUT2D eigenvalue weighted by Crippen LogP contribution is 2.44. The number of benzene rings is 1. The van der Waals surface area contributed by atoms with Crippen molar-refractivity contribution in [2.24, 2.45) is 11.1 Å². The fourth-order valence-electron chi connectivity index (χ4n) is 4.71. The van der Waals surface area contributed by atoms with Gasteiger partial charge in [0.05, 0.1) is 18.2 Å². The number of ether oxygens (including phenoxy) is 1. The van der Waals surface area contributed by atoms with Crippen LogP contribution < -0.4 is 10.5 Å². The summed E-state index contributed by atoms with van der Waals surface area (Å²) in [4.78, 5) is 29.0. The number of carbonyl (C=O) groups is 2. The highest BCUT2D eigenvalue weighted by Gasteiger charge is 2.48. The van der Waals surface area contributed by atoms with Crippen LogP contribution >= 0.6 is 0 Å². The Morgan fingerprint density at radius 3 is 2.54 bits per heavy atom. The van der Waals surface area contributed by atoms with E-state index in [1.165, 1.54) is 0 Å². The highest BCUT2D eigenvalue weighted by molar-refractivity contribution is 5.97. The number of piperidine rings is 2. The highest BCUT2D eigenvalue weighted by atomic mass is 16.5. The van der Waals surface area contributed by atoms with Crippen LogP contribution in [0, 0.1) is 5.41 Å². The first-order valence-electron chi connectivity index (χ1n) is 9.49. The molecule has 0 aliphatic carbocycles. The van der Waals surface area contributed by atoms with E-state index in [0.717, 1.165) is 32.2 Å². The lowest BCUT2D eigenvalue weighted by Gasteiger charge is -2.51. The lowest BCUT2D eigenvalue weighted by molar-refractivity contribution is -0.132. The Morgan fingerprint density at radius 2 is 1.88 bits per heavy atom. The maximum atomic E-state index is 13.0. The fourth-order valence-corrected chi connectivity index (χ4v) is 4.71. The molecule has 1 unspecified atom stereocenters. The predicted molar refractivity (Wildman–Crippen MR) is 100 cm³/mol. The van der Waals surface area contributed by atoms with Crippen molar-refractivity contribution in [1.82, 2.24) is 9.80 Å². The van der Waals surface area contributed by atoms with Gasteiger partial charge in [-0.05, 0) is 63.7 Å². The molecule has 2 heterocycles. The van der Waals surface area contributed by atoms with Gasteiger partial charge in [0.25, 0.3) is 5.91 Å². The molecule has 0 aromatic heterocycles. The van der Waals surface area contributed by atoms with Gasteiger partial charge < -0.3 is 15.4 Å². The summed E-state index contributed by atoms with van der Waals surface area (Å²) in [5.74, 6) is 0.394. The van der Waals surface area contributed by atoms with Gasteiger partial charge >= 0.3 is 0 Å². The van der Waals surface area contributed by atoms with E-state index in [1.54, 1.807) is 0 Å². The number of primary amides is 1. The molecule has 2 saturated heterocycles. The Kier molecular flexibility index (Phi) is 5.51. The number of likely N-dealkylation sites (N-methyl/N-ethyl adjacent to an activating group) is 1. The first kappa shape index (κ1) is 18.7. The number of hydrogen-bond acceptors (Lipinski definition) is 4. The second-order valence-electron chi connectivity index (χ2n) is 7.47. The molecule has 2 aliphatic heterocycles. The number of para-hydroxylation sites is 1. The average Bonchev–Trinajstić information content (AvgIpc) is 2.62. The van der Waals surface area contributed by atoms with E-state index < -0.39 is 0 Å². The van der Waals surface area contributed by atoms with Crippen LogP contribution in [0.15, 0.2) is 24.3 Å². The fraction of sp³-hybridized carbons (Fsp3) is 0.600. The molecule has 6 heteroatoms. The minimum atomic E-state index is -0.242. The topological polar surface area (TPSA) is 75.9 Å². The average molecular weight is 359 g/mol. The number of likely N-dealkylation sites (tertiary alicyclic amines) is 2. The van der Waals surface area contributed by atoms with Crippen molar-refractivity contribution in [3.63, 3.8) is 0 Å². The monoisotopic (exact) mass is 359 g/mol. The van der Waals surface area contributed by atoms with Gasteiger partial charge in [-0.15, -0.1) is 0 Å². The van der Waals surface area contributed by atoms with E-state index in [-0.39, 0.29) is 23.3 Å². The van der Waals surface area contributed by atoms with E-state index in [9.17, 15) is 9.59 Å². The first-order chi connectivity index (χ1) is 12.5. The smallest absolute Gasteiger partial charge is 0.257 e. The number of amides is 2. The van der Waals surface area contributed by atoms with Gasteiger partial charge in [-0.1, -0.05) is 12.1 Å². The molecule has 1 atom stereocenters. The maximum Gasteiger partial charge on any atom is 0.257 e. The Bertz CT molecular complexity index is 668. The number of rotatable bonds is 4. The number of nitrogens with zero attached hydrogens (tertiary/aromatic N) is 2. The number of hydrogen-bond donors (Lipinski definition) is 1. The van der Waals surface area contributed by atoms with Crippen LogP contribution in [0.2, 0.25) is 0 Å². The van der Waals surface area contributed by atoms with E-state index >= 15 is 0 Å². The normalized spacial score (nSPS) is 23.0. The molecule has 3 rings (SSSR count). The summed E-state index contributed by atoms with van der Waals surface area (Å²) in [5.41, 5.74) is 6.23. The number of nitrogens with two attached hydrogens (primary N) is 1. The van der Waals surface area contributed by atoms with Gasteiger partial charge in [-0.3, -0.25) is 14.5 Å². The SMILES string of the molecule is CCOc1ccccc1C(=O)N1CCC2(CCCN(C)C2C(N)=O)CC1. The Morgan fingerprint density at radius 1 is 1.19 bits per heavy atom. The lowest BCUT2D eigenvalue weighted by Crippen LogP contribution is -2.60. The van der Waals surface area contributed by atoms with Gasteiger partial charge in [0.2, 0.25) is 5.91 Å². The summed E-state index contributed by atoms with van der Waals surface area (Å²) in [6.45, 7) is 4.64. The Labute approximate surface area is 155 Å². The summed E-state index contributed by atoms with van der Waals surface area (Å²) >= 11 is 0. The molecular weight excluding hydrogens is 330 g/mol. The summed E-state index contributed by atoms with van der Waals surface area (Å²) in [7, 11) is 1.98. The third-order valence-electron chi connectivity index (χ3n) is 5.94. The molecule has 1 aromatic rings. The summed E-state index contributed by atoms with van der Waals surface area (Å²) in [6.07, 6.45) is 3.70. The maximum absolute atomic E-state index is 13.0. The van der Waals surface area contributed by atoms with Gasteiger partial charge in [0.15, 0.2) is 0 Å². The van der Waals surface area contributed by atoms with Crippen LogP contribution in [0.4, 0.5) is 0 Å². The molecule has 2 aliphatic rings. The second kappa shape index (κ2) is 7.66. The largest absolute Gasteiger partial charge is 0.493 e. The van der Waals surface area contributed by atoms with Crippen molar-refractivity contribution in [2.75, 3.05) is 33.3 Å². The minimum absolute atomic E-state index is 0.00342. The molecule has 2 N–H and O–H groups in total. The van der Waals surface area contributed by atoms with Crippen molar-refractivity contribution in [3.8, 4) is 5.75 Å². The zero-order chi connectivity index (χ0) is 18.7. The molecule has 142 valence electrons. The molecular formula is C20H29N3O3. The van der Waals surface area contributed by atoms with Crippen molar-refractivity contribution in [3.05, 3.63) is 29.8 Å². The zero-order valence-corrected chi connectivity index (χ0v) is 15.7. The predicted octanol–water partition coefficient (Wildman–Crippen LogP) is 1.89. The van der Waals surface area contributed by atoms with Crippen LogP contribution in [0.25, 0.3) is 0 Å². The first-order valence-corrected chi connectivity index (χ1v) is 9.49. The molecule has 6 nitrogen and oxygen atoms in total. The third kappa shape index (κ3) is 3.43. The molecule has 1 spiro atoms.